The molecule has 1 aliphatic rings. The molecule has 3 aromatic rings. The molecule has 0 saturated carbocycles. The van der Waals surface area contributed by atoms with Crippen LogP contribution in [0.5, 0.6) is 5.75 Å². The minimum atomic E-state index is -0.206. The van der Waals surface area contributed by atoms with Crippen molar-refractivity contribution in [3.63, 3.8) is 0 Å². The molecule has 1 amide bonds. The molecule has 4 rings (SSSR count). The Bertz CT molecular complexity index is 870. The van der Waals surface area contributed by atoms with Gasteiger partial charge >= 0.3 is 0 Å². The van der Waals surface area contributed by atoms with Crippen LogP contribution in [0.2, 0.25) is 0 Å². The van der Waals surface area contributed by atoms with E-state index in [-0.39, 0.29) is 18.6 Å². The standard InChI is InChI=1S/C19H19N3O3/c23-18(12-25-14-5-2-1-3-6-14)20-13-8-9-15-16(11-13)22-19(21-15)17-7-4-10-24-17/h1-3,5-6,8-9,11,17H,4,7,10,12H2,(H,20,23)(H,21,22). The molecule has 2 N–H and O–H groups in total. The third-order valence-electron chi connectivity index (χ3n) is 4.13. The fourth-order valence-corrected chi connectivity index (χ4v) is 2.92. The number of aromatic nitrogens is 2. The molecule has 1 fully saturated rings. The Morgan fingerprint density at radius 1 is 1.28 bits per heavy atom. The zero-order valence-corrected chi connectivity index (χ0v) is 13.7. The summed E-state index contributed by atoms with van der Waals surface area (Å²) in [7, 11) is 0. The third kappa shape index (κ3) is 3.64. The Morgan fingerprint density at radius 2 is 2.16 bits per heavy atom. The van der Waals surface area contributed by atoms with Crippen LogP contribution in [0.3, 0.4) is 0 Å². The molecule has 0 bridgehead atoms. The van der Waals surface area contributed by atoms with Gasteiger partial charge in [-0.3, -0.25) is 4.79 Å². The van der Waals surface area contributed by atoms with Gasteiger partial charge in [-0.25, -0.2) is 4.98 Å². The molecular formula is C19H19N3O3. The molecular weight excluding hydrogens is 318 g/mol. The van der Waals surface area contributed by atoms with Crippen LogP contribution in [0.4, 0.5) is 5.69 Å². The number of hydrogen-bond donors (Lipinski definition) is 2. The Morgan fingerprint density at radius 3 is 2.96 bits per heavy atom. The monoisotopic (exact) mass is 337 g/mol. The summed E-state index contributed by atoms with van der Waals surface area (Å²) < 4.78 is 11.1. The van der Waals surface area contributed by atoms with Gasteiger partial charge in [0.05, 0.1) is 11.0 Å². The molecule has 0 spiro atoms. The van der Waals surface area contributed by atoms with Crippen LogP contribution >= 0.6 is 0 Å². The molecule has 25 heavy (non-hydrogen) atoms. The summed E-state index contributed by atoms with van der Waals surface area (Å²) in [4.78, 5) is 19.9. The lowest BCUT2D eigenvalue weighted by Crippen LogP contribution is -2.20. The second-order valence-electron chi connectivity index (χ2n) is 6.01. The molecule has 6 nitrogen and oxygen atoms in total. The Labute approximate surface area is 145 Å². The van der Waals surface area contributed by atoms with E-state index in [9.17, 15) is 4.79 Å². The number of fused-ring (bicyclic) bond motifs is 1. The van der Waals surface area contributed by atoms with Gasteiger partial charge < -0.3 is 19.8 Å². The minimum absolute atomic E-state index is 0.0355. The molecule has 6 heteroatoms. The quantitative estimate of drug-likeness (QED) is 0.748. The number of carbonyl (C=O) groups is 1. The maximum Gasteiger partial charge on any atom is 0.262 e. The first-order valence-corrected chi connectivity index (χ1v) is 8.37. The second-order valence-corrected chi connectivity index (χ2v) is 6.01. The van der Waals surface area contributed by atoms with E-state index in [0.717, 1.165) is 36.3 Å². The van der Waals surface area contributed by atoms with Crippen molar-refractivity contribution in [3.05, 3.63) is 54.4 Å². The number of amides is 1. The molecule has 0 radical (unpaired) electrons. The Hall–Kier alpha value is -2.86. The number of ether oxygens (including phenoxy) is 2. The van der Waals surface area contributed by atoms with E-state index >= 15 is 0 Å². The van der Waals surface area contributed by atoms with Crippen molar-refractivity contribution >= 4 is 22.6 Å². The van der Waals surface area contributed by atoms with Gasteiger partial charge in [-0.15, -0.1) is 0 Å². The first-order chi connectivity index (χ1) is 12.3. The smallest absolute Gasteiger partial charge is 0.262 e. The van der Waals surface area contributed by atoms with E-state index in [4.69, 9.17) is 9.47 Å². The minimum Gasteiger partial charge on any atom is -0.484 e. The number of rotatable bonds is 5. The SMILES string of the molecule is O=C(COc1ccccc1)Nc1ccc2nc(C3CCCO3)[nH]c2c1. The molecule has 0 aliphatic carbocycles. The lowest BCUT2D eigenvalue weighted by Gasteiger charge is -2.07. The topological polar surface area (TPSA) is 76.2 Å². The zero-order valence-electron chi connectivity index (χ0n) is 13.7. The zero-order chi connectivity index (χ0) is 17.1. The van der Waals surface area contributed by atoms with Crippen LogP contribution in [-0.4, -0.2) is 29.1 Å². The van der Waals surface area contributed by atoms with Crippen LogP contribution in [0.15, 0.2) is 48.5 Å². The molecule has 1 saturated heterocycles. The third-order valence-corrected chi connectivity index (χ3v) is 4.13. The van der Waals surface area contributed by atoms with E-state index in [1.807, 2.05) is 48.5 Å². The van der Waals surface area contributed by atoms with E-state index in [0.29, 0.717) is 11.4 Å². The van der Waals surface area contributed by atoms with Gasteiger partial charge in [-0.05, 0) is 43.2 Å². The average Bonchev–Trinajstić information content (AvgIpc) is 3.30. The van der Waals surface area contributed by atoms with E-state index in [1.54, 1.807) is 0 Å². The number of benzene rings is 2. The summed E-state index contributed by atoms with van der Waals surface area (Å²) in [5.74, 6) is 1.31. The second kappa shape index (κ2) is 6.94. The van der Waals surface area contributed by atoms with Crippen molar-refractivity contribution in [2.45, 2.75) is 18.9 Å². The van der Waals surface area contributed by atoms with Gasteiger partial charge in [0.2, 0.25) is 0 Å². The number of anilines is 1. The van der Waals surface area contributed by atoms with Crippen LogP contribution < -0.4 is 10.1 Å². The lowest BCUT2D eigenvalue weighted by atomic mass is 10.2. The molecule has 1 atom stereocenters. The molecule has 2 aromatic carbocycles. The molecule has 1 aliphatic heterocycles. The predicted molar refractivity (Wildman–Crippen MR) is 94.6 cm³/mol. The number of nitrogens with one attached hydrogen (secondary N) is 2. The molecule has 1 aromatic heterocycles. The van der Waals surface area contributed by atoms with E-state index in [1.165, 1.54) is 0 Å². The summed E-state index contributed by atoms with van der Waals surface area (Å²) in [5, 5.41) is 2.84. The van der Waals surface area contributed by atoms with Crippen LogP contribution in [-0.2, 0) is 9.53 Å². The van der Waals surface area contributed by atoms with Gasteiger partial charge in [0.1, 0.15) is 17.7 Å². The highest BCUT2D eigenvalue weighted by atomic mass is 16.5. The highest BCUT2D eigenvalue weighted by Crippen LogP contribution is 2.28. The highest BCUT2D eigenvalue weighted by molar-refractivity contribution is 5.94. The Kier molecular flexibility index (Phi) is 4.35. The van der Waals surface area contributed by atoms with Gasteiger partial charge in [0, 0.05) is 12.3 Å². The number of imidazole rings is 1. The number of nitrogens with zero attached hydrogens (tertiary/aromatic N) is 1. The summed E-state index contributed by atoms with van der Waals surface area (Å²) in [6.45, 7) is 0.747. The first kappa shape index (κ1) is 15.7. The molecule has 1 unspecified atom stereocenters. The summed E-state index contributed by atoms with van der Waals surface area (Å²) in [5.41, 5.74) is 2.45. The van der Waals surface area contributed by atoms with Gasteiger partial charge in [-0.1, -0.05) is 18.2 Å². The number of para-hydroxylation sites is 1. The van der Waals surface area contributed by atoms with Crippen molar-refractivity contribution in [2.75, 3.05) is 18.5 Å². The fourth-order valence-electron chi connectivity index (χ4n) is 2.92. The normalized spacial score (nSPS) is 16.9. The number of aromatic amines is 1. The average molecular weight is 337 g/mol. The fraction of sp³-hybridized carbons (Fsp3) is 0.263. The number of hydrogen-bond acceptors (Lipinski definition) is 4. The number of H-pyrrole nitrogens is 1. The summed E-state index contributed by atoms with van der Waals surface area (Å²) in [6.07, 6.45) is 2.09. The number of carbonyl (C=O) groups excluding carboxylic acids is 1. The molecule has 128 valence electrons. The maximum atomic E-state index is 12.1. The van der Waals surface area contributed by atoms with E-state index < -0.39 is 0 Å². The van der Waals surface area contributed by atoms with Crippen LogP contribution in [0.1, 0.15) is 24.8 Å². The van der Waals surface area contributed by atoms with Gasteiger partial charge in [-0.2, -0.15) is 0 Å². The van der Waals surface area contributed by atoms with Crippen molar-refractivity contribution < 1.29 is 14.3 Å². The van der Waals surface area contributed by atoms with Crippen molar-refractivity contribution in [3.8, 4) is 5.75 Å². The van der Waals surface area contributed by atoms with Gasteiger partial charge in [0.25, 0.3) is 5.91 Å². The van der Waals surface area contributed by atoms with Crippen molar-refractivity contribution in [2.24, 2.45) is 0 Å². The lowest BCUT2D eigenvalue weighted by molar-refractivity contribution is -0.118. The van der Waals surface area contributed by atoms with Crippen LogP contribution in [0.25, 0.3) is 11.0 Å². The maximum absolute atomic E-state index is 12.1. The Balaban J connectivity index is 1.41. The van der Waals surface area contributed by atoms with E-state index in [2.05, 4.69) is 15.3 Å². The largest absolute Gasteiger partial charge is 0.484 e. The summed E-state index contributed by atoms with van der Waals surface area (Å²) in [6, 6.07) is 14.9. The summed E-state index contributed by atoms with van der Waals surface area (Å²) >= 11 is 0. The predicted octanol–water partition coefficient (Wildman–Crippen LogP) is 3.43. The highest BCUT2D eigenvalue weighted by Gasteiger charge is 2.21. The van der Waals surface area contributed by atoms with Crippen molar-refractivity contribution in [1.82, 2.24) is 9.97 Å². The first-order valence-electron chi connectivity index (χ1n) is 8.37. The molecule has 2 heterocycles. The van der Waals surface area contributed by atoms with Gasteiger partial charge in [0.15, 0.2) is 6.61 Å². The van der Waals surface area contributed by atoms with Crippen molar-refractivity contribution in [1.29, 1.82) is 0 Å². The van der Waals surface area contributed by atoms with Crippen LogP contribution in [0, 0.1) is 0 Å².